The van der Waals surface area contributed by atoms with Crippen LogP contribution in [-0.4, -0.2) is 27.6 Å². The van der Waals surface area contributed by atoms with Gasteiger partial charge in [0.1, 0.15) is 5.58 Å². The maximum atomic E-state index is 12.6. The molecule has 0 aliphatic carbocycles. The summed E-state index contributed by atoms with van der Waals surface area (Å²) in [6.45, 7) is 2.40. The number of rotatable bonds is 3. The van der Waals surface area contributed by atoms with Crippen molar-refractivity contribution in [1.82, 2.24) is 14.7 Å². The fourth-order valence-electron chi connectivity index (χ4n) is 2.47. The number of furan rings is 1. The molecule has 1 amide bonds. The summed E-state index contributed by atoms with van der Waals surface area (Å²) in [4.78, 5) is 14.3. The van der Waals surface area contributed by atoms with Gasteiger partial charge in [-0.05, 0) is 25.1 Å². The molecule has 0 fully saturated rings. The fraction of sp³-hybridized carbons (Fsp3) is 0.250. The second-order valence-corrected chi connectivity index (χ2v) is 6.30. The van der Waals surface area contributed by atoms with Crippen molar-refractivity contribution >= 4 is 32.8 Å². The summed E-state index contributed by atoms with van der Waals surface area (Å²) in [5.41, 5.74) is 2.56. The van der Waals surface area contributed by atoms with Crippen LogP contribution in [0.1, 0.15) is 21.7 Å². The Labute approximate surface area is 136 Å². The number of fused-ring (bicyclic) bond motifs is 1. The van der Waals surface area contributed by atoms with Gasteiger partial charge in [0.05, 0.1) is 6.20 Å². The average Bonchev–Trinajstić information content (AvgIpc) is 3.02. The van der Waals surface area contributed by atoms with E-state index in [1.807, 2.05) is 38.4 Å². The number of nitrogens with zero attached hydrogens (tertiary/aromatic N) is 3. The monoisotopic (exact) mass is 361 g/mol. The highest BCUT2D eigenvalue weighted by atomic mass is 79.9. The second kappa shape index (κ2) is 5.61. The molecule has 3 rings (SSSR count). The predicted octanol–water partition coefficient (Wildman–Crippen LogP) is 3.51. The number of halogens is 1. The van der Waals surface area contributed by atoms with Crippen LogP contribution in [-0.2, 0) is 13.6 Å². The third kappa shape index (κ3) is 2.66. The Hall–Kier alpha value is -2.08. The van der Waals surface area contributed by atoms with Crippen molar-refractivity contribution in [1.29, 1.82) is 0 Å². The van der Waals surface area contributed by atoms with Crippen molar-refractivity contribution in [2.45, 2.75) is 13.5 Å². The number of hydrogen-bond acceptors (Lipinski definition) is 3. The minimum atomic E-state index is -0.131. The highest BCUT2D eigenvalue weighted by molar-refractivity contribution is 9.10. The third-order valence-corrected chi connectivity index (χ3v) is 4.11. The van der Waals surface area contributed by atoms with Crippen LogP contribution in [0.4, 0.5) is 0 Å². The third-order valence-electron chi connectivity index (χ3n) is 3.62. The SMILES string of the molecule is Cc1c(C(=O)N(C)Cc2cnn(C)c2)oc2ccc(Br)cc12. The molecule has 0 aliphatic rings. The van der Waals surface area contributed by atoms with Crippen LogP contribution >= 0.6 is 15.9 Å². The molecule has 0 spiro atoms. The van der Waals surface area contributed by atoms with Crippen LogP contribution in [0.3, 0.4) is 0 Å². The van der Waals surface area contributed by atoms with E-state index >= 15 is 0 Å². The summed E-state index contributed by atoms with van der Waals surface area (Å²) in [6, 6.07) is 5.73. The van der Waals surface area contributed by atoms with Gasteiger partial charge in [0, 0.05) is 47.8 Å². The number of carbonyl (C=O) groups excluding carboxylic acids is 1. The molecule has 0 saturated heterocycles. The second-order valence-electron chi connectivity index (χ2n) is 5.38. The fourth-order valence-corrected chi connectivity index (χ4v) is 2.83. The number of aryl methyl sites for hydroxylation is 2. The highest BCUT2D eigenvalue weighted by Crippen LogP contribution is 2.28. The van der Waals surface area contributed by atoms with Crippen molar-refractivity contribution in [2.75, 3.05) is 7.05 Å². The predicted molar refractivity (Wildman–Crippen MR) is 87.7 cm³/mol. The minimum absolute atomic E-state index is 0.131. The Balaban J connectivity index is 1.89. The van der Waals surface area contributed by atoms with Crippen LogP contribution in [0.25, 0.3) is 11.0 Å². The summed E-state index contributed by atoms with van der Waals surface area (Å²) in [5.74, 6) is 0.258. The van der Waals surface area contributed by atoms with E-state index < -0.39 is 0 Å². The lowest BCUT2D eigenvalue weighted by molar-refractivity contribution is 0.0755. The molecule has 0 radical (unpaired) electrons. The molecule has 2 heterocycles. The molecule has 0 bridgehead atoms. The summed E-state index contributed by atoms with van der Waals surface area (Å²) < 4.78 is 8.43. The standard InChI is InChI=1S/C16H16BrN3O2/c1-10-13-6-12(17)4-5-14(13)22-15(10)16(21)19(2)8-11-7-18-20(3)9-11/h4-7,9H,8H2,1-3H3. The summed E-state index contributed by atoms with van der Waals surface area (Å²) in [7, 11) is 3.62. The number of amides is 1. The molecule has 2 aromatic heterocycles. The Morgan fingerprint density at radius 2 is 2.23 bits per heavy atom. The summed E-state index contributed by atoms with van der Waals surface area (Å²) in [5, 5.41) is 5.07. The van der Waals surface area contributed by atoms with Gasteiger partial charge in [-0.25, -0.2) is 0 Å². The molecule has 1 aromatic carbocycles. The van der Waals surface area contributed by atoms with Gasteiger partial charge in [0.15, 0.2) is 5.76 Å². The van der Waals surface area contributed by atoms with E-state index in [0.717, 1.165) is 26.6 Å². The van der Waals surface area contributed by atoms with Gasteiger partial charge >= 0.3 is 0 Å². The molecule has 3 aromatic rings. The first-order valence-electron chi connectivity index (χ1n) is 6.87. The molecule has 0 aliphatic heterocycles. The molecular weight excluding hydrogens is 346 g/mol. The van der Waals surface area contributed by atoms with Gasteiger partial charge in [-0.3, -0.25) is 9.48 Å². The van der Waals surface area contributed by atoms with E-state index in [1.165, 1.54) is 0 Å². The van der Waals surface area contributed by atoms with Gasteiger partial charge in [-0.2, -0.15) is 5.10 Å². The van der Waals surface area contributed by atoms with Gasteiger partial charge < -0.3 is 9.32 Å². The normalized spacial score (nSPS) is 11.1. The van der Waals surface area contributed by atoms with Crippen LogP contribution in [0.15, 0.2) is 39.5 Å². The average molecular weight is 362 g/mol. The topological polar surface area (TPSA) is 51.3 Å². The number of aromatic nitrogens is 2. The molecule has 0 N–H and O–H groups in total. The lowest BCUT2D eigenvalue weighted by atomic mass is 10.1. The Bertz CT molecular complexity index is 850. The van der Waals surface area contributed by atoms with Crippen molar-refractivity contribution in [3.05, 3.63) is 52.0 Å². The van der Waals surface area contributed by atoms with Crippen LogP contribution in [0.2, 0.25) is 0 Å². The number of carbonyl (C=O) groups is 1. The molecule has 6 heteroatoms. The lowest BCUT2D eigenvalue weighted by Crippen LogP contribution is -2.26. The van der Waals surface area contributed by atoms with E-state index in [0.29, 0.717) is 12.3 Å². The van der Waals surface area contributed by atoms with Gasteiger partial charge in [0.2, 0.25) is 0 Å². The first-order chi connectivity index (χ1) is 10.5. The van der Waals surface area contributed by atoms with E-state index in [1.54, 1.807) is 22.8 Å². The zero-order valence-corrected chi connectivity index (χ0v) is 14.2. The van der Waals surface area contributed by atoms with E-state index in [4.69, 9.17) is 4.42 Å². The van der Waals surface area contributed by atoms with Gasteiger partial charge in [-0.15, -0.1) is 0 Å². The smallest absolute Gasteiger partial charge is 0.289 e. The van der Waals surface area contributed by atoms with E-state index in [-0.39, 0.29) is 5.91 Å². The molecule has 5 nitrogen and oxygen atoms in total. The zero-order valence-electron chi connectivity index (χ0n) is 12.6. The van der Waals surface area contributed by atoms with Crippen molar-refractivity contribution in [3.63, 3.8) is 0 Å². The maximum absolute atomic E-state index is 12.6. The van der Waals surface area contributed by atoms with Crippen molar-refractivity contribution in [3.8, 4) is 0 Å². The largest absolute Gasteiger partial charge is 0.451 e. The summed E-state index contributed by atoms with van der Waals surface area (Å²) in [6.07, 6.45) is 3.65. The quantitative estimate of drug-likeness (QED) is 0.717. The molecule has 0 saturated carbocycles. The van der Waals surface area contributed by atoms with E-state index in [9.17, 15) is 4.79 Å². The van der Waals surface area contributed by atoms with E-state index in [2.05, 4.69) is 21.0 Å². The lowest BCUT2D eigenvalue weighted by Gasteiger charge is -2.14. The summed E-state index contributed by atoms with van der Waals surface area (Å²) >= 11 is 3.44. The zero-order chi connectivity index (χ0) is 15.9. The minimum Gasteiger partial charge on any atom is -0.451 e. The van der Waals surface area contributed by atoms with Gasteiger partial charge in [0.25, 0.3) is 5.91 Å². The molecular formula is C16H16BrN3O2. The van der Waals surface area contributed by atoms with Crippen LogP contribution < -0.4 is 0 Å². The molecule has 0 atom stereocenters. The molecule has 0 unspecified atom stereocenters. The Kier molecular flexibility index (Phi) is 3.78. The Morgan fingerprint density at radius 3 is 2.91 bits per heavy atom. The first-order valence-corrected chi connectivity index (χ1v) is 7.66. The number of hydrogen-bond donors (Lipinski definition) is 0. The van der Waals surface area contributed by atoms with Crippen LogP contribution in [0, 0.1) is 6.92 Å². The molecule has 114 valence electrons. The maximum Gasteiger partial charge on any atom is 0.289 e. The number of benzene rings is 1. The van der Waals surface area contributed by atoms with Crippen LogP contribution in [0.5, 0.6) is 0 Å². The first kappa shape index (κ1) is 14.8. The van der Waals surface area contributed by atoms with Gasteiger partial charge in [-0.1, -0.05) is 15.9 Å². The highest BCUT2D eigenvalue weighted by Gasteiger charge is 2.21. The molecule has 22 heavy (non-hydrogen) atoms. The van der Waals surface area contributed by atoms with Crippen molar-refractivity contribution in [2.24, 2.45) is 7.05 Å². The Morgan fingerprint density at radius 1 is 1.45 bits per heavy atom. The van der Waals surface area contributed by atoms with Crippen molar-refractivity contribution < 1.29 is 9.21 Å².